The van der Waals surface area contributed by atoms with Gasteiger partial charge in [-0.2, -0.15) is 0 Å². The van der Waals surface area contributed by atoms with Crippen LogP contribution in [0.25, 0.3) is 0 Å². The van der Waals surface area contributed by atoms with E-state index in [0.717, 1.165) is 16.9 Å². The van der Waals surface area contributed by atoms with Crippen LogP contribution in [0.3, 0.4) is 0 Å². The number of hydrogen-bond acceptors (Lipinski definition) is 6. The Morgan fingerprint density at radius 3 is 2.18 bits per heavy atom. The van der Waals surface area contributed by atoms with Gasteiger partial charge in [-0.3, -0.25) is 14.4 Å². The van der Waals surface area contributed by atoms with Crippen LogP contribution in [0.15, 0.2) is 78.9 Å². The highest BCUT2D eigenvalue weighted by Gasteiger charge is 2.60. The maximum atomic E-state index is 13.7. The van der Waals surface area contributed by atoms with Gasteiger partial charge < -0.3 is 9.64 Å². The average molecular weight is 444 g/mol. The van der Waals surface area contributed by atoms with Crippen LogP contribution in [0.1, 0.15) is 11.6 Å². The van der Waals surface area contributed by atoms with Crippen LogP contribution >= 0.6 is 0 Å². The number of carbonyl (C=O) groups excluding carboxylic acids is 2. The van der Waals surface area contributed by atoms with E-state index >= 15 is 0 Å². The number of anilines is 3. The zero-order chi connectivity index (χ0) is 23.1. The minimum Gasteiger partial charge on any atom is -0.495 e. The summed E-state index contributed by atoms with van der Waals surface area (Å²) in [6.45, 7) is 0. The Kier molecular flexibility index (Phi) is 5.26. The molecule has 2 amide bonds. The fourth-order valence-electron chi connectivity index (χ4n) is 4.57. The van der Waals surface area contributed by atoms with Crippen molar-refractivity contribution in [2.75, 3.05) is 36.1 Å². The number of nitrogens with zero attached hydrogens (tertiary/aromatic N) is 3. The summed E-state index contributed by atoms with van der Waals surface area (Å²) in [5, 5.41) is 1.70. The Balaban J connectivity index is 1.58. The first-order chi connectivity index (χ1) is 16.0. The van der Waals surface area contributed by atoms with Crippen molar-refractivity contribution >= 4 is 28.9 Å². The molecule has 0 saturated carbocycles. The minimum atomic E-state index is -0.916. The predicted molar refractivity (Wildman–Crippen MR) is 126 cm³/mol. The van der Waals surface area contributed by atoms with E-state index in [-0.39, 0.29) is 11.8 Å². The molecule has 0 aromatic heterocycles. The number of rotatable bonds is 5. The van der Waals surface area contributed by atoms with Crippen molar-refractivity contribution in [3.8, 4) is 5.75 Å². The number of imide groups is 1. The number of benzene rings is 3. The summed E-state index contributed by atoms with van der Waals surface area (Å²) in [6, 6.07) is 24.1. The second-order valence-corrected chi connectivity index (χ2v) is 8.33. The molecule has 2 aliphatic rings. The minimum absolute atomic E-state index is 0.297. The van der Waals surface area contributed by atoms with Gasteiger partial charge in [0.15, 0.2) is 6.10 Å². The zero-order valence-corrected chi connectivity index (χ0v) is 18.7. The van der Waals surface area contributed by atoms with Crippen LogP contribution in [0.5, 0.6) is 5.75 Å². The number of para-hydroxylation sites is 3. The van der Waals surface area contributed by atoms with Crippen LogP contribution in [-0.4, -0.2) is 39.1 Å². The Bertz CT molecular complexity index is 1180. The molecule has 33 heavy (non-hydrogen) atoms. The van der Waals surface area contributed by atoms with Gasteiger partial charge in [-0.15, -0.1) is 0 Å². The first-order valence-corrected chi connectivity index (χ1v) is 10.8. The summed E-state index contributed by atoms with van der Waals surface area (Å²) in [4.78, 5) is 36.6. The number of fused-ring (bicyclic) bond motifs is 1. The van der Waals surface area contributed by atoms with Gasteiger partial charge in [0.1, 0.15) is 11.7 Å². The van der Waals surface area contributed by atoms with E-state index in [0.29, 0.717) is 11.4 Å². The van der Waals surface area contributed by atoms with Crippen molar-refractivity contribution in [1.82, 2.24) is 0 Å². The number of methoxy groups -OCH3 is 1. The van der Waals surface area contributed by atoms with Crippen molar-refractivity contribution in [2.24, 2.45) is 5.92 Å². The van der Waals surface area contributed by atoms with E-state index in [1.165, 1.54) is 12.0 Å². The van der Waals surface area contributed by atoms with Crippen molar-refractivity contribution < 1.29 is 19.2 Å². The van der Waals surface area contributed by atoms with Crippen molar-refractivity contribution in [2.45, 2.75) is 12.1 Å². The lowest BCUT2D eigenvalue weighted by molar-refractivity contribution is -0.126. The quantitative estimate of drug-likeness (QED) is 0.559. The molecule has 0 N–H and O–H groups in total. The molecule has 2 fully saturated rings. The molecule has 2 saturated heterocycles. The molecule has 3 atom stereocenters. The molecular formula is C26H25N3O4. The van der Waals surface area contributed by atoms with Gasteiger partial charge in [-0.05, 0) is 42.0 Å². The zero-order valence-electron chi connectivity index (χ0n) is 18.7. The number of ether oxygens (including phenoxy) is 1. The summed E-state index contributed by atoms with van der Waals surface area (Å²) in [5.74, 6) is -0.906. The molecule has 2 aliphatic heterocycles. The molecule has 3 aromatic rings. The third kappa shape index (κ3) is 3.41. The first-order valence-electron chi connectivity index (χ1n) is 10.8. The van der Waals surface area contributed by atoms with Gasteiger partial charge in [-0.25, -0.2) is 9.96 Å². The van der Waals surface area contributed by atoms with Crippen LogP contribution in [0.2, 0.25) is 0 Å². The van der Waals surface area contributed by atoms with E-state index in [1.54, 1.807) is 29.3 Å². The molecule has 2 heterocycles. The van der Waals surface area contributed by atoms with Crippen LogP contribution in [0.4, 0.5) is 17.1 Å². The molecule has 7 nitrogen and oxygen atoms in total. The summed E-state index contributed by atoms with van der Waals surface area (Å²) in [7, 11) is 5.47. The third-order valence-electron chi connectivity index (χ3n) is 6.20. The maximum Gasteiger partial charge on any atom is 0.266 e. The summed E-state index contributed by atoms with van der Waals surface area (Å²) in [6.07, 6.45) is -0.916. The van der Waals surface area contributed by atoms with Crippen LogP contribution in [0, 0.1) is 5.92 Å². The van der Waals surface area contributed by atoms with E-state index in [1.807, 2.05) is 73.6 Å². The molecule has 0 bridgehead atoms. The fraction of sp³-hybridized carbons (Fsp3) is 0.231. The van der Waals surface area contributed by atoms with Crippen LogP contribution in [-0.2, 0) is 14.4 Å². The highest BCUT2D eigenvalue weighted by Crippen LogP contribution is 2.48. The number of carbonyl (C=O) groups is 2. The lowest BCUT2D eigenvalue weighted by Crippen LogP contribution is -2.37. The number of amides is 2. The van der Waals surface area contributed by atoms with E-state index < -0.39 is 18.1 Å². The second-order valence-electron chi connectivity index (χ2n) is 8.33. The molecule has 5 rings (SSSR count). The normalized spacial score (nSPS) is 22.0. The Morgan fingerprint density at radius 2 is 1.52 bits per heavy atom. The van der Waals surface area contributed by atoms with Crippen LogP contribution < -0.4 is 19.6 Å². The van der Waals surface area contributed by atoms with Gasteiger partial charge in [0, 0.05) is 19.8 Å². The number of hydrogen-bond donors (Lipinski definition) is 0. The predicted octanol–water partition coefficient (Wildman–Crippen LogP) is 3.81. The Morgan fingerprint density at radius 1 is 0.848 bits per heavy atom. The van der Waals surface area contributed by atoms with E-state index in [9.17, 15) is 9.59 Å². The largest absolute Gasteiger partial charge is 0.495 e. The molecule has 0 spiro atoms. The second kappa shape index (κ2) is 8.26. The highest BCUT2D eigenvalue weighted by atomic mass is 16.7. The standard InChI is InChI=1S/C26H25N3O4/c1-27(2)18-15-13-17(14-16-18)23-22-24(33-29(23)19-9-5-4-6-10-19)26(31)28(25(22)30)20-11-7-8-12-21(20)32-3/h4-16,22-24H,1-3H3/t22-,23-,24+/m0/s1. The summed E-state index contributed by atoms with van der Waals surface area (Å²) < 4.78 is 5.41. The SMILES string of the molecule is COc1ccccc1N1C(=O)[C@@H]2[C@@H](ON(c3ccccc3)[C@H]2c2ccc(N(C)C)cc2)C1=O. The molecule has 168 valence electrons. The molecular weight excluding hydrogens is 418 g/mol. The van der Waals surface area contributed by atoms with Gasteiger partial charge in [-0.1, -0.05) is 42.5 Å². The lowest BCUT2D eigenvalue weighted by Gasteiger charge is -2.29. The van der Waals surface area contributed by atoms with Crippen molar-refractivity contribution in [1.29, 1.82) is 0 Å². The van der Waals surface area contributed by atoms with E-state index in [2.05, 4.69) is 0 Å². The topological polar surface area (TPSA) is 62.3 Å². The summed E-state index contributed by atoms with van der Waals surface area (Å²) >= 11 is 0. The van der Waals surface area contributed by atoms with Gasteiger partial charge in [0.25, 0.3) is 5.91 Å². The average Bonchev–Trinajstić information content (AvgIpc) is 3.35. The van der Waals surface area contributed by atoms with Gasteiger partial charge >= 0.3 is 0 Å². The Labute approximate surface area is 192 Å². The van der Waals surface area contributed by atoms with Crippen molar-refractivity contribution in [3.63, 3.8) is 0 Å². The molecule has 0 unspecified atom stereocenters. The monoisotopic (exact) mass is 443 g/mol. The van der Waals surface area contributed by atoms with Gasteiger partial charge in [0.05, 0.1) is 24.5 Å². The fourth-order valence-corrected chi connectivity index (χ4v) is 4.57. The Hall–Kier alpha value is -3.84. The third-order valence-corrected chi connectivity index (χ3v) is 6.20. The van der Waals surface area contributed by atoms with Crippen molar-refractivity contribution in [3.05, 3.63) is 84.4 Å². The molecule has 3 aromatic carbocycles. The molecule has 7 heteroatoms. The maximum absolute atomic E-state index is 13.7. The lowest BCUT2D eigenvalue weighted by atomic mass is 9.90. The van der Waals surface area contributed by atoms with E-state index in [4.69, 9.17) is 9.57 Å². The highest BCUT2D eigenvalue weighted by molar-refractivity contribution is 6.24. The van der Waals surface area contributed by atoms with Gasteiger partial charge in [0.2, 0.25) is 5.91 Å². The first kappa shape index (κ1) is 21.0. The smallest absolute Gasteiger partial charge is 0.266 e. The number of hydroxylamine groups is 1. The summed E-state index contributed by atoms with van der Waals surface area (Å²) in [5.41, 5.74) is 3.17. The molecule has 0 aliphatic carbocycles. The molecule has 0 radical (unpaired) electrons.